The first-order valence-electron chi connectivity index (χ1n) is 10.6. The summed E-state index contributed by atoms with van der Waals surface area (Å²) in [6.07, 6.45) is 1.57. The highest BCUT2D eigenvalue weighted by Crippen LogP contribution is 2.40. The maximum Gasteiger partial charge on any atom is 0.347 e. The molecule has 0 unspecified atom stereocenters. The van der Waals surface area contributed by atoms with E-state index in [2.05, 4.69) is 0 Å². The number of carbonyl (C=O) groups excluding carboxylic acids is 2. The van der Waals surface area contributed by atoms with Gasteiger partial charge in [0.25, 0.3) is 0 Å². The van der Waals surface area contributed by atoms with Crippen LogP contribution in [0.5, 0.6) is 34.5 Å². The van der Waals surface area contributed by atoms with Crippen LogP contribution in [-0.2, 0) is 0 Å². The third-order valence-electron chi connectivity index (χ3n) is 5.50. The number of hydrogen-bond donors (Lipinski definition) is 0. The zero-order valence-electron chi connectivity index (χ0n) is 20.0. The van der Waals surface area contributed by atoms with Gasteiger partial charge in [-0.05, 0) is 42.8 Å². The van der Waals surface area contributed by atoms with Crippen LogP contribution in [-0.4, -0.2) is 40.2 Å². The third-order valence-corrected chi connectivity index (χ3v) is 5.50. The average molecular weight is 476 g/mol. The smallest absolute Gasteiger partial charge is 0.347 e. The van der Waals surface area contributed by atoms with Gasteiger partial charge in [0, 0.05) is 17.7 Å². The number of Topliss-reactive ketones (excluding diaryl/α,β-unsaturated/α-hetero) is 1. The molecule has 1 aliphatic heterocycles. The molecule has 0 atom stereocenters. The van der Waals surface area contributed by atoms with Gasteiger partial charge in [-0.3, -0.25) is 4.79 Å². The summed E-state index contributed by atoms with van der Waals surface area (Å²) in [6.45, 7) is 1.75. The fraction of sp³-hybridized carbons (Fsp3) is 0.185. The van der Waals surface area contributed by atoms with Gasteiger partial charge in [0.05, 0.1) is 34.0 Å². The average Bonchev–Trinajstić information content (AvgIpc) is 3.18. The minimum absolute atomic E-state index is 0.0989. The maximum atomic E-state index is 13.1. The van der Waals surface area contributed by atoms with Crippen molar-refractivity contribution in [3.05, 3.63) is 76.5 Å². The van der Waals surface area contributed by atoms with E-state index in [4.69, 9.17) is 28.4 Å². The summed E-state index contributed by atoms with van der Waals surface area (Å²) in [5.74, 6) is 1.60. The van der Waals surface area contributed by atoms with Gasteiger partial charge in [-0.15, -0.1) is 0 Å². The summed E-state index contributed by atoms with van der Waals surface area (Å²) in [5, 5.41) is 0. The minimum atomic E-state index is -0.586. The van der Waals surface area contributed by atoms with E-state index in [0.29, 0.717) is 45.4 Å². The van der Waals surface area contributed by atoms with Crippen LogP contribution in [0.3, 0.4) is 0 Å². The number of aryl methyl sites for hydroxylation is 1. The van der Waals surface area contributed by atoms with Crippen molar-refractivity contribution in [3.8, 4) is 34.5 Å². The number of allylic oxidation sites excluding steroid dienone is 1. The van der Waals surface area contributed by atoms with Gasteiger partial charge >= 0.3 is 5.97 Å². The Morgan fingerprint density at radius 2 is 1.49 bits per heavy atom. The Kier molecular flexibility index (Phi) is 6.64. The Labute approximate surface area is 202 Å². The van der Waals surface area contributed by atoms with E-state index in [1.165, 1.54) is 34.5 Å². The van der Waals surface area contributed by atoms with E-state index in [1.807, 2.05) is 0 Å². The van der Waals surface area contributed by atoms with Crippen molar-refractivity contribution in [1.29, 1.82) is 0 Å². The molecule has 0 bridgehead atoms. The third kappa shape index (κ3) is 4.50. The lowest BCUT2D eigenvalue weighted by molar-refractivity contribution is 0.0731. The summed E-state index contributed by atoms with van der Waals surface area (Å²) in [4.78, 5) is 25.8. The van der Waals surface area contributed by atoms with E-state index in [0.717, 1.165) is 0 Å². The largest absolute Gasteiger partial charge is 0.496 e. The van der Waals surface area contributed by atoms with Crippen molar-refractivity contribution in [2.24, 2.45) is 0 Å². The zero-order valence-corrected chi connectivity index (χ0v) is 20.0. The summed E-state index contributed by atoms with van der Waals surface area (Å²) < 4.78 is 32.8. The molecule has 0 aromatic heterocycles. The molecule has 180 valence electrons. The van der Waals surface area contributed by atoms with Gasteiger partial charge in [-0.1, -0.05) is 12.1 Å². The highest BCUT2D eigenvalue weighted by Gasteiger charge is 2.31. The Morgan fingerprint density at radius 1 is 0.829 bits per heavy atom. The number of fused-ring (bicyclic) bond motifs is 1. The van der Waals surface area contributed by atoms with Crippen molar-refractivity contribution >= 4 is 17.8 Å². The SMILES string of the molecule is COc1cc(OC)c(OC)cc1/C=C1\Oc2cc(OC(=O)c3ccccc3OC)cc(C)c2C1=O. The molecule has 1 aliphatic rings. The standard InChI is InChI=1S/C27H24O8/c1-15-10-17(34-27(29)18-8-6-7-9-19(18)30-2)13-23-25(15)26(28)24(35-23)12-16-11-21(32-4)22(33-5)14-20(16)31-3/h6-14H,1-5H3/b24-12-. The normalized spacial score (nSPS) is 13.2. The number of hydrogen-bond acceptors (Lipinski definition) is 8. The highest BCUT2D eigenvalue weighted by atomic mass is 16.5. The van der Waals surface area contributed by atoms with Crippen LogP contribution in [0.1, 0.15) is 31.8 Å². The maximum absolute atomic E-state index is 13.1. The molecule has 0 spiro atoms. The van der Waals surface area contributed by atoms with Gasteiger partial charge in [-0.25, -0.2) is 4.79 Å². The molecule has 1 heterocycles. The van der Waals surface area contributed by atoms with Gasteiger partial charge in [0.2, 0.25) is 5.78 Å². The van der Waals surface area contributed by atoms with E-state index in [9.17, 15) is 9.59 Å². The molecule has 3 aromatic rings. The van der Waals surface area contributed by atoms with Crippen molar-refractivity contribution in [2.45, 2.75) is 6.92 Å². The molecular formula is C27H24O8. The number of esters is 1. The lowest BCUT2D eigenvalue weighted by Gasteiger charge is -2.12. The van der Waals surface area contributed by atoms with Crippen molar-refractivity contribution in [2.75, 3.05) is 28.4 Å². The van der Waals surface area contributed by atoms with Crippen LogP contribution >= 0.6 is 0 Å². The molecule has 0 radical (unpaired) electrons. The number of carbonyl (C=O) groups is 2. The van der Waals surface area contributed by atoms with Crippen LogP contribution in [0.2, 0.25) is 0 Å². The monoisotopic (exact) mass is 476 g/mol. The second-order valence-corrected chi connectivity index (χ2v) is 7.59. The molecule has 0 N–H and O–H groups in total. The summed E-state index contributed by atoms with van der Waals surface area (Å²) in [5.41, 5.74) is 1.86. The molecule has 0 amide bonds. The number of ketones is 1. The fourth-order valence-electron chi connectivity index (χ4n) is 3.82. The van der Waals surface area contributed by atoms with Gasteiger partial charge in [0.1, 0.15) is 28.6 Å². The van der Waals surface area contributed by atoms with Crippen LogP contribution in [0.25, 0.3) is 6.08 Å². The van der Waals surface area contributed by atoms with Crippen LogP contribution in [0, 0.1) is 6.92 Å². The lowest BCUT2D eigenvalue weighted by Crippen LogP contribution is -2.10. The van der Waals surface area contributed by atoms with Crippen molar-refractivity contribution < 1.29 is 38.0 Å². The zero-order chi connectivity index (χ0) is 25.1. The molecule has 3 aromatic carbocycles. The van der Waals surface area contributed by atoms with Crippen molar-refractivity contribution in [3.63, 3.8) is 0 Å². The number of ether oxygens (including phenoxy) is 6. The molecular weight excluding hydrogens is 452 g/mol. The molecule has 0 saturated heterocycles. The fourth-order valence-corrected chi connectivity index (χ4v) is 3.82. The molecule has 8 heteroatoms. The topological polar surface area (TPSA) is 89.5 Å². The first-order valence-corrected chi connectivity index (χ1v) is 10.6. The number of methoxy groups -OCH3 is 4. The summed E-state index contributed by atoms with van der Waals surface area (Å²) >= 11 is 0. The van der Waals surface area contributed by atoms with Crippen LogP contribution in [0.15, 0.2) is 54.3 Å². The Morgan fingerprint density at radius 3 is 2.17 bits per heavy atom. The summed E-state index contributed by atoms with van der Waals surface area (Å²) in [7, 11) is 6.04. The van der Waals surface area contributed by atoms with E-state index < -0.39 is 5.97 Å². The predicted octanol–water partition coefficient (Wildman–Crippen LogP) is 4.86. The van der Waals surface area contributed by atoms with E-state index in [1.54, 1.807) is 55.5 Å². The lowest BCUT2D eigenvalue weighted by atomic mass is 10.0. The molecule has 8 nitrogen and oxygen atoms in total. The second kappa shape index (κ2) is 9.80. The first kappa shape index (κ1) is 23.7. The Bertz CT molecular complexity index is 1340. The molecule has 0 aliphatic carbocycles. The van der Waals surface area contributed by atoms with Gasteiger partial charge in [-0.2, -0.15) is 0 Å². The van der Waals surface area contributed by atoms with Crippen molar-refractivity contribution in [1.82, 2.24) is 0 Å². The first-order chi connectivity index (χ1) is 16.9. The van der Waals surface area contributed by atoms with Crippen LogP contribution < -0.4 is 28.4 Å². The molecule has 0 fully saturated rings. The molecule has 4 rings (SSSR count). The van der Waals surface area contributed by atoms with Gasteiger partial charge < -0.3 is 28.4 Å². The number of benzene rings is 3. The number of para-hydroxylation sites is 1. The predicted molar refractivity (Wildman–Crippen MR) is 128 cm³/mol. The summed E-state index contributed by atoms with van der Waals surface area (Å²) in [6, 6.07) is 13.2. The Hall–Kier alpha value is -4.46. The Balaban J connectivity index is 1.65. The molecule has 35 heavy (non-hydrogen) atoms. The second-order valence-electron chi connectivity index (χ2n) is 7.59. The van der Waals surface area contributed by atoms with Gasteiger partial charge in [0.15, 0.2) is 17.3 Å². The molecule has 0 saturated carbocycles. The van der Waals surface area contributed by atoms with E-state index in [-0.39, 0.29) is 22.9 Å². The quantitative estimate of drug-likeness (QED) is 0.271. The highest BCUT2D eigenvalue weighted by molar-refractivity contribution is 6.15. The van der Waals surface area contributed by atoms with E-state index >= 15 is 0 Å². The van der Waals surface area contributed by atoms with Crippen LogP contribution in [0.4, 0.5) is 0 Å². The minimum Gasteiger partial charge on any atom is -0.496 e. The number of rotatable bonds is 7.